The maximum atomic E-state index is 14.2. The Hall–Kier alpha value is -3.17. The summed E-state index contributed by atoms with van der Waals surface area (Å²) in [5.41, 5.74) is 3.93. The van der Waals surface area contributed by atoms with E-state index in [2.05, 4.69) is 32.1 Å². The number of hydrogen-bond donors (Lipinski definition) is 2. The molecule has 1 heterocycles. The molecule has 0 saturated heterocycles. The Balaban J connectivity index is 1.36. The first-order valence-corrected chi connectivity index (χ1v) is 18.5. The van der Waals surface area contributed by atoms with Crippen LogP contribution in [-0.2, 0) is 6.42 Å². The average Bonchev–Trinajstić information content (AvgIpc) is 3.59. The zero-order chi connectivity index (χ0) is 33.2. The van der Waals surface area contributed by atoms with Gasteiger partial charge in [-0.05, 0) is 124 Å². The molecule has 2 N–H and O–H groups in total. The van der Waals surface area contributed by atoms with E-state index in [0.717, 1.165) is 57.1 Å². The Morgan fingerprint density at radius 2 is 1.85 bits per heavy atom. The largest absolute Gasteiger partial charge is 0.497 e. The number of nitrogens with zero attached hydrogens (tertiary/aromatic N) is 1. The van der Waals surface area contributed by atoms with Crippen LogP contribution in [0.1, 0.15) is 92.3 Å². The molecule has 8 heteroatoms. The minimum absolute atomic E-state index is 0.0231. The molecule has 3 aromatic carbocycles. The van der Waals surface area contributed by atoms with Crippen LogP contribution in [0.3, 0.4) is 0 Å². The summed E-state index contributed by atoms with van der Waals surface area (Å²) in [6.07, 6.45) is 6.80. The van der Waals surface area contributed by atoms with Gasteiger partial charge in [-0.3, -0.25) is 4.79 Å². The molecular weight excluding hydrogens is 627 g/mol. The van der Waals surface area contributed by atoms with Crippen molar-refractivity contribution in [1.82, 2.24) is 4.98 Å². The van der Waals surface area contributed by atoms with Crippen LogP contribution in [0.15, 0.2) is 76.7 Å². The molecule has 0 radical (unpaired) electrons. The van der Waals surface area contributed by atoms with E-state index in [1.54, 1.807) is 30.2 Å². The monoisotopic (exact) mass is 671 g/mol. The summed E-state index contributed by atoms with van der Waals surface area (Å²) >= 11 is 3.26. The molecule has 248 valence electrons. The highest BCUT2D eigenvalue weighted by Gasteiger charge is 2.56. The number of thioether (sulfide) groups is 1. The lowest BCUT2D eigenvalue weighted by molar-refractivity contribution is -0.0422. The first-order chi connectivity index (χ1) is 22.6. The SMILES string of the molecule is CCOc1ccc2nc(SCC3(O)CCC4c5ccc(cc5C(=O)c5ccc(OC)cc5)CC(O)CCC(C)=CCCC43C)sc2c1. The van der Waals surface area contributed by atoms with Crippen LogP contribution in [0.5, 0.6) is 11.5 Å². The molecule has 4 atom stereocenters. The third-order valence-electron chi connectivity index (χ3n) is 10.4. The molecule has 0 spiro atoms. The molecule has 4 unspecified atom stereocenters. The number of methoxy groups -OCH3 is 1. The van der Waals surface area contributed by atoms with Gasteiger partial charge >= 0.3 is 0 Å². The van der Waals surface area contributed by atoms with Crippen molar-refractivity contribution in [3.05, 3.63) is 94.6 Å². The van der Waals surface area contributed by atoms with E-state index in [1.165, 1.54) is 5.57 Å². The summed E-state index contributed by atoms with van der Waals surface area (Å²) < 4.78 is 13.0. The molecule has 1 aromatic heterocycles. The van der Waals surface area contributed by atoms with Gasteiger partial charge in [-0.25, -0.2) is 4.98 Å². The van der Waals surface area contributed by atoms with Crippen molar-refractivity contribution < 1.29 is 24.5 Å². The van der Waals surface area contributed by atoms with Crippen LogP contribution < -0.4 is 9.47 Å². The molecule has 0 amide bonds. The van der Waals surface area contributed by atoms with Crippen LogP contribution in [-0.4, -0.2) is 52.2 Å². The van der Waals surface area contributed by atoms with Crippen molar-refractivity contribution in [2.45, 2.75) is 87.7 Å². The van der Waals surface area contributed by atoms with E-state index in [4.69, 9.17) is 14.5 Å². The summed E-state index contributed by atoms with van der Waals surface area (Å²) in [4.78, 5) is 19.1. The van der Waals surface area contributed by atoms with Crippen LogP contribution in [0.2, 0.25) is 0 Å². The molecule has 4 aromatic rings. The molecule has 1 saturated carbocycles. The molecule has 0 aliphatic heterocycles. The third kappa shape index (κ3) is 7.02. The molecule has 7 rings (SSSR count). The van der Waals surface area contributed by atoms with Crippen LogP contribution in [0.25, 0.3) is 10.2 Å². The van der Waals surface area contributed by atoms with E-state index in [0.29, 0.717) is 48.5 Å². The number of hydrogen-bond acceptors (Lipinski definition) is 8. The second-order valence-corrected chi connectivity index (χ2v) is 15.6. The van der Waals surface area contributed by atoms with E-state index in [1.807, 2.05) is 55.5 Å². The lowest BCUT2D eigenvalue weighted by Gasteiger charge is -2.44. The predicted octanol–water partition coefficient (Wildman–Crippen LogP) is 8.77. The summed E-state index contributed by atoms with van der Waals surface area (Å²) in [5, 5.41) is 23.5. The van der Waals surface area contributed by atoms with Gasteiger partial charge < -0.3 is 19.7 Å². The van der Waals surface area contributed by atoms with Gasteiger partial charge in [0.2, 0.25) is 0 Å². The number of ketones is 1. The van der Waals surface area contributed by atoms with E-state index < -0.39 is 17.1 Å². The Morgan fingerprint density at radius 3 is 2.62 bits per heavy atom. The summed E-state index contributed by atoms with van der Waals surface area (Å²) in [6.45, 7) is 6.96. The quantitative estimate of drug-likeness (QED) is 0.110. The van der Waals surface area contributed by atoms with Crippen molar-refractivity contribution in [1.29, 1.82) is 0 Å². The Bertz CT molecular complexity index is 1770. The second kappa shape index (κ2) is 14.1. The highest BCUT2D eigenvalue weighted by atomic mass is 32.2. The number of fused-ring (bicyclic) bond motifs is 9. The first-order valence-electron chi connectivity index (χ1n) is 16.7. The van der Waals surface area contributed by atoms with E-state index in [-0.39, 0.29) is 11.7 Å². The molecular formula is C39H45NO5S2. The minimum atomic E-state index is -0.967. The van der Waals surface area contributed by atoms with Crippen LogP contribution in [0, 0.1) is 5.41 Å². The van der Waals surface area contributed by atoms with Gasteiger partial charge in [0, 0.05) is 22.3 Å². The number of aliphatic hydroxyl groups is 2. The number of aliphatic hydroxyl groups excluding tert-OH is 1. The number of allylic oxidation sites excluding steroid dienone is 2. The lowest BCUT2D eigenvalue weighted by Crippen LogP contribution is -2.46. The molecule has 1 fully saturated rings. The van der Waals surface area contributed by atoms with Gasteiger partial charge in [0.1, 0.15) is 11.5 Å². The molecule has 3 aliphatic rings. The summed E-state index contributed by atoms with van der Waals surface area (Å²) in [7, 11) is 1.62. The number of rotatable bonds is 8. The van der Waals surface area contributed by atoms with Crippen LogP contribution in [0.4, 0.5) is 0 Å². The van der Waals surface area contributed by atoms with Crippen molar-refractivity contribution in [3.63, 3.8) is 0 Å². The maximum Gasteiger partial charge on any atom is 0.193 e. The minimum Gasteiger partial charge on any atom is -0.497 e. The third-order valence-corrected chi connectivity index (χ3v) is 12.7. The first kappa shape index (κ1) is 33.7. The topological polar surface area (TPSA) is 88.9 Å². The zero-order valence-corrected chi connectivity index (χ0v) is 29.4. The summed E-state index contributed by atoms with van der Waals surface area (Å²) in [5.74, 6) is 1.99. The molecule has 6 nitrogen and oxygen atoms in total. The Labute approximate surface area is 286 Å². The smallest absolute Gasteiger partial charge is 0.193 e. The van der Waals surface area contributed by atoms with Gasteiger partial charge in [0.05, 0.1) is 35.6 Å². The highest BCUT2D eigenvalue weighted by molar-refractivity contribution is 8.01. The number of thiazole rings is 1. The standard InChI is InChI=1S/C39H45NO5S2/c1-5-45-30-15-17-34-35(23-30)47-37(40-34)46-24-39(43)20-18-33-31-16-9-26(21-28(41)12-8-25(2)7-6-19-38(33,39)3)22-32(31)36(42)27-10-13-29(44-4)14-11-27/h7,9-11,13-17,22-23,28,33,41,43H,5-6,8,12,18-21,24H2,1-4H3. The second-order valence-electron chi connectivity index (χ2n) is 13.3. The van der Waals surface area contributed by atoms with Gasteiger partial charge in [-0.15, -0.1) is 11.3 Å². The number of carbonyl (C=O) groups excluding carboxylic acids is 1. The Morgan fingerprint density at radius 1 is 1.06 bits per heavy atom. The van der Waals surface area contributed by atoms with Gasteiger partial charge in [-0.1, -0.05) is 42.5 Å². The Kier molecular flexibility index (Phi) is 10.1. The van der Waals surface area contributed by atoms with Crippen molar-refractivity contribution in [2.75, 3.05) is 19.5 Å². The highest BCUT2D eigenvalue weighted by Crippen LogP contribution is 2.60. The number of aromatic nitrogens is 1. The number of benzene rings is 3. The fraction of sp³-hybridized carbons (Fsp3) is 0.436. The van der Waals surface area contributed by atoms with E-state index >= 15 is 0 Å². The number of carbonyl (C=O) groups is 1. The fourth-order valence-corrected chi connectivity index (χ4v) is 9.86. The van der Waals surface area contributed by atoms with E-state index in [9.17, 15) is 15.0 Å². The van der Waals surface area contributed by atoms with Crippen molar-refractivity contribution in [2.24, 2.45) is 5.41 Å². The normalized spacial score (nSPS) is 24.9. The van der Waals surface area contributed by atoms with Gasteiger partial charge in [0.15, 0.2) is 10.1 Å². The number of ether oxygens (including phenoxy) is 2. The van der Waals surface area contributed by atoms with Gasteiger partial charge in [0.25, 0.3) is 0 Å². The molecule has 47 heavy (non-hydrogen) atoms. The molecule has 2 bridgehead atoms. The van der Waals surface area contributed by atoms with Gasteiger partial charge in [-0.2, -0.15) is 0 Å². The van der Waals surface area contributed by atoms with Crippen LogP contribution >= 0.6 is 23.1 Å². The maximum absolute atomic E-state index is 14.2. The predicted molar refractivity (Wildman–Crippen MR) is 191 cm³/mol. The van der Waals surface area contributed by atoms with Crippen molar-refractivity contribution >= 4 is 39.1 Å². The zero-order valence-electron chi connectivity index (χ0n) is 27.8. The van der Waals surface area contributed by atoms with Crippen molar-refractivity contribution in [3.8, 4) is 11.5 Å². The molecule has 3 aliphatic carbocycles. The summed E-state index contributed by atoms with van der Waals surface area (Å²) in [6, 6.07) is 19.4. The lowest BCUT2D eigenvalue weighted by atomic mass is 9.65. The average molecular weight is 672 g/mol. The fourth-order valence-electron chi connectivity index (χ4n) is 7.46.